The van der Waals surface area contributed by atoms with Crippen LogP contribution in [0.3, 0.4) is 0 Å². The Bertz CT molecular complexity index is 618. The van der Waals surface area contributed by atoms with Gasteiger partial charge >= 0.3 is 11.9 Å². The molecule has 6 heteroatoms. The summed E-state index contributed by atoms with van der Waals surface area (Å²) in [6.07, 6.45) is 19.4. The fourth-order valence-electron chi connectivity index (χ4n) is 4.59. The molecule has 35 heavy (non-hydrogen) atoms. The second kappa shape index (κ2) is 19.4. The lowest BCUT2D eigenvalue weighted by Gasteiger charge is -2.37. The lowest BCUT2D eigenvalue weighted by Crippen LogP contribution is -2.47. The van der Waals surface area contributed by atoms with E-state index in [1.54, 1.807) is 0 Å². The van der Waals surface area contributed by atoms with Gasteiger partial charge in [0.15, 0.2) is 6.23 Å². The molecule has 0 aromatic carbocycles. The molecule has 1 heterocycles. The molecule has 6 nitrogen and oxygen atoms in total. The highest BCUT2D eigenvalue weighted by Crippen LogP contribution is 2.33. The predicted molar refractivity (Wildman–Crippen MR) is 141 cm³/mol. The molecule has 1 rings (SSSR count). The maximum atomic E-state index is 13.1. The van der Waals surface area contributed by atoms with Crippen LogP contribution in [0, 0.1) is 17.8 Å². The van der Waals surface area contributed by atoms with Gasteiger partial charge in [-0.25, -0.2) is 0 Å². The lowest BCUT2D eigenvalue weighted by molar-refractivity contribution is -0.189. The van der Waals surface area contributed by atoms with Gasteiger partial charge in [0.05, 0.1) is 11.8 Å². The Hall–Kier alpha value is -1.85. The molecule has 0 bridgehead atoms. The molecule has 0 aliphatic carbocycles. The standard InChI is InChI=1S/C29H51NO5/c1-5-7-9-11-12-13-14-15-16-18-24(28(32)35-27(30-22-31)20-23(3)4)21-26-25(29(33)34-26)19-17-10-8-6-2/h15-16,22-27H,5-14,17-21H2,1-4H3,(H,30,31)/b16-15+/t24-,25-,26-,27-/m0/s1. The monoisotopic (exact) mass is 493 g/mol. The number of carbonyl (C=O) groups excluding carboxylic acids is 3. The van der Waals surface area contributed by atoms with Crippen LogP contribution in [-0.2, 0) is 23.9 Å². The number of unbranched alkanes of at least 4 members (excludes halogenated alkanes) is 9. The summed E-state index contributed by atoms with van der Waals surface area (Å²) in [6.45, 7) is 8.44. The van der Waals surface area contributed by atoms with Gasteiger partial charge in [-0.05, 0) is 38.0 Å². The molecule has 1 N–H and O–H groups in total. The fourth-order valence-corrected chi connectivity index (χ4v) is 4.59. The van der Waals surface area contributed by atoms with Crippen molar-refractivity contribution in [3.63, 3.8) is 0 Å². The van der Waals surface area contributed by atoms with Crippen LogP contribution in [0.4, 0.5) is 0 Å². The van der Waals surface area contributed by atoms with Crippen LogP contribution in [0.5, 0.6) is 0 Å². The number of nitrogens with one attached hydrogen (secondary N) is 1. The van der Waals surface area contributed by atoms with Gasteiger partial charge < -0.3 is 14.8 Å². The van der Waals surface area contributed by atoms with E-state index >= 15 is 0 Å². The van der Waals surface area contributed by atoms with Crippen molar-refractivity contribution in [1.82, 2.24) is 5.32 Å². The SMILES string of the molecule is CCCCCCCC/C=C/C[C@@H](C[C@@H]1OC(=O)[C@H]1CCCCCC)C(=O)O[C@@H](CC(C)C)NC=O. The van der Waals surface area contributed by atoms with Gasteiger partial charge in [0, 0.05) is 6.42 Å². The summed E-state index contributed by atoms with van der Waals surface area (Å²) in [4.78, 5) is 36.1. The molecule has 0 aromatic rings. The number of esters is 2. The Morgan fingerprint density at radius 2 is 1.66 bits per heavy atom. The van der Waals surface area contributed by atoms with Gasteiger partial charge in [0.2, 0.25) is 6.41 Å². The highest BCUT2D eigenvalue weighted by Gasteiger charge is 2.44. The number of amides is 1. The molecule has 0 saturated carbocycles. The molecule has 0 radical (unpaired) electrons. The van der Waals surface area contributed by atoms with Crippen molar-refractivity contribution in [3.8, 4) is 0 Å². The molecule has 0 unspecified atom stereocenters. The first kappa shape index (κ1) is 31.2. The van der Waals surface area contributed by atoms with Gasteiger partial charge in [-0.2, -0.15) is 0 Å². The summed E-state index contributed by atoms with van der Waals surface area (Å²) in [5.41, 5.74) is 0. The maximum Gasteiger partial charge on any atom is 0.313 e. The first-order valence-corrected chi connectivity index (χ1v) is 14.2. The van der Waals surface area contributed by atoms with Gasteiger partial charge in [0.25, 0.3) is 0 Å². The third-order valence-electron chi connectivity index (χ3n) is 6.75. The van der Waals surface area contributed by atoms with E-state index in [0.717, 1.165) is 38.5 Å². The third kappa shape index (κ3) is 13.7. The van der Waals surface area contributed by atoms with Crippen LogP contribution in [0.1, 0.15) is 124 Å². The Morgan fingerprint density at radius 1 is 1.00 bits per heavy atom. The molecule has 1 saturated heterocycles. The highest BCUT2D eigenvalue weighted by molar-refractivity contribution is 5.79. The van der Waals surface area contributed by atoms with Gasteiger partial charge in [-0.1, -0.05) is 97.6 Å². The number of carbonyl (C=O) groups is 3. The van der Waals surface area contributed by atoms with Gasteiger partial charge in [-0.3, -0.25) is 14.4 Å². The quantitative estimate of drug-likeness (QED) is 0.0585. The van der Waals surface area contributed by atoms with E-state index in [-0.39, 0.29) is 29.9 Å². The molecule has 0 aromatic heterocycles. The fraction of sp³-hybridized carbons (Fsp3) is 0.828. The summed E-state index contributed by atoms with van der Waals surface area (Å²) >= 11 is 0. The van der Waals surface area contributed by atoms with Gasteiger partial charge in [-0.15, -0.1) is 0 Å². The Balaban J connectivity index is 2.66. The highest BCUT2D eigenvalue weighted by atomic mass is 16.6. The third-order valence-corrected chi connectivity index (χ3v) is 6.75. The van der Waals surface area contributed by atoms with Crippen molar-refractivity contribution in [3.05, 3.63) is 12.2 Å². The average Bonchev–Trinajstić information content (AvgIpc) is 2.81. The lowest BCUT2D eigenvalue weighted by atomic mass is 9.84. The Morgan fingerprint density at radius 3 is 2.29 bits per heavy atom. The molecule has 1 amide bonds. The number of cyclic esters (lactones) is 1. The smallest absolute Gasteiger partial charge is 0.313 e. The van der Waals surface area contributed by atoms with Crippen LogP contribution in [-0.4, -0.2) is 30.7 Å². The zero-order chi connectivity index (χ0) is 25.9. The summed E-state index contributed by atoms with van der Waals surface area (Å²) in [6, 6.07) is 0. The number of rotatable bonds is 22. The summed E-state index contributed by atoms with van der Waals surface area (Å²) in [7, 11) is 0. The zero-order valence-corrected chi connectivity index (χ0v) is 22.8. The second-order valence-corrected chi connectivity index (χ2v) is 10.5. The molecule has 1 aliphatic heterocycles. The van der Waals surface area contributed by atoms with Crippen LogP contribution < -0.4 is 5.32 Å². The minimum absolute atomic E-state index is 0.117. The topological polar surface area (TPSA) is 81.7 Å². The Kier molecular flexibility index (Phi) is 17.2. The molecular weight excluding hydrogens is 442 g/mol. The van der Waals surface area contributed by atoms with Gasteiger partial charge in [0.1, 0.15) is 6.10 Å². The minimum Gasteiger partial charge on any atom is -0.461 e. The van der Waals surface area contributed by atoms with Crippen LogP contribution in [0.15, 0.2) is 12.2 Å². The summed E-state index contributed by atoms with van der Waals surface area (Å²) in [5.74, 6) is -0.709. The number of ether oxygens (including phenoxy) is 2. The molecule has 202 valence electrons. The van der Waals surface area contributed by atoms with Crippen molar-refractivity contribution in [1.29, 1.82) is 0 Å². The van der Waals surface area contributed by atoms with Crippen LogP contribution >= 0.6 is 0 Å². The summed E-state index contributed by atoms with van der Waals surface area (Å²) in [5, 5.41) is 2.61. The molecule has 1 fully saturated rings. The average molecular weight is 494 g/mol. The first-order chi connectivity index (χ1) is 16.9. The molecule has 1 aliphatic rings. The van der Waals surface area contributed by atoms with Crippen molar-refractivity contribution in [2.75, 3.05) is 0 Å². The van der Waals surface area contributed by atoms with Crippen molar-refractivity contribution < 1.29 is 23.9 Å². The maximum absolute atomic E-state index is 13.1. The van der Waals surface area contributed by atoms with E-state index in [2.05, 4.69) is 31.3 Å². The van der Waals surface area contributed by atoms with E-state index in [1.165, 1.54) is 38.5 Å². The number of allylic oxidation sites excluding steroid dienone is 2. The Labute approximate surface area is 214 Å². The van der Waals surface area contributed by atoms with E-state index in [1.807, 2.05) is 13.8 Å². The summed E-state index contributed by atoms with van der Waals surface area (Å²) < 4.78 is 11.1. The first-order valence-electron chi connectivity index (χ1n) is 14.2. The van der Waals surface area contributed by atoms with E-state index < -0.39 is 12.1 Å². The van der Waals surface area contributed by atoms with Crippen molar-refractivity contribution >= 4 is 18.3 Å². The second-order valence-electron chi connectivity index (χ2n) is 10.5. The van der Waals surface area contributed by atoms with E-state index in [4.69, 9.17) is 9.47 Å². The molecular formula is C29H51NO5. The number of hydrogen-bond acceptors (Lipinski definition) is 5. The van der Waals surface area contributed by atoms with Crippen LogP contribution in [0.25, 0.3) is 0 Å². The van der Waals surface area contributed by atoms with Crippen LogP contribution in [0.2, 0.25) is 0 Å². The predicted octanol–water partition coefficient (Wildman–Crippen LogP) is 6.86. The molecule has 4 atom stereocenters. The molecule has 0 spiro atoms. The van der Waals surface area contributed by atoms with Crippen molar-refractivity contribution in [2.45, 2.75) is 136 Å². The minimum atomic E-state index is -0.636. The van der Waals surface area contributed by atoms with Crippen molar-refractivity contribution in [2.24, 2.45) is 17.8 Å². The zero-order valence-electron chi connectivity index (χ0n) is 22.8. The van der Waals surface area contributed by atoms with E-state index in [9.17, 15) is 14.4 Å². The normalized spacial score (nSPS) is 19.3. The largest absolute Gasteiger partial charge is 0.461 e. The van der Waals surface area contributed by atoms with E-state index in [0.29, 0.717) is 25.7 Å². The number of hydrogen-bond donors (Lipinski definition) is 1.